The Kier molecular flexibility index (Phi) is 4.94. The molecule has 0 spiro atoms. The number of benzene rings is 1. The van der Waals surface area contributed by atoms with Crippen molar-refractivity contribution in [1.82, 2.24) is 14.5 Å². The van der Waals surface area contributed by atoms with Gasteiger partial charge in [0.05, 0.1) is 5.75 Å². The van der Waals surface area contributed by atoms with E-state index in [-0.39, 0.29) is 11.6 Å². The molecule has 1 fully saturated rings. The van der Waals surface area contributed by atoms with Gasteiger partial charge < -0.3 is 4.42 Å². The van der Waals surface area contributed by atoms with Crippen LogP contribution in [0.15, 0.2) is 40.0 Å². The number of rotatable bonds is 6. The Hall–Kier alpha value is -1.78. The Bertz CT molecular complexity index is 939. The van der Waals surface area contributed by atoms with E-state index in [0.29, 0.717) is 25.8 Å². The minimum atomic E-state index is -3.62. The molecule has 136 valence electrons. The molecule has 0 bridgehead atoms. The average Bonchev–Trinajstić information content (AvgIpc) is 3.22. The fourth-order valence-corrected chi connectivity index (χ4v) is 4.98. The van der Waals surface area contributed by atoms with Gasteiger partial charge in [0, 0.05) is 12.8 Å². The van der Waals surface area contributed by atoms with Crippen molar-refractivity contribution >= 4 is 19.9 Å². The van der Waals surface area contributed by atoms with Gasteiger partial charge in [0.25, 0.3) is 0 Å². The Labute approximate surface area is 146 Å². The molecule has 1 aromatic heterocycles. The van der Waals surface area contributed by atoms with E-state index in [0.717, 1.165) is 11.8 Å². The Balaban J connectivity index is 1.77. The van der Waals surface area contributed by atoms with Gasteiger partial charge in [-0.15, -0.1) is 5.10 Å². The van der Waals surface area contributed by atoms with Crippen LogP contribution >= 0.6 is 0 Å². The zero-order valence-corrected chi connectivity index (χ0v) is 15.3. The van der Waals surface area contributed by atoms with E-state index in [1.54, 1.807) is 0 Å². The van der Waals surface area contributed by atoms with Gasteiger partial charge in [0.2, 0.25) is 25.8 Å². The summed E-state index contributed by atoms with van der Waals surface area (Å²) >= 11 is 0. The lowest BCUT2D eigenvalue weighted by Gasteiger charge is -2.21. The Morgan fingerprint density at radius 3 is 2.52 bits per heavy atom. The van der Waals surface area contributed by atoms with Gasteiger partial charge in [-0.25, -0.2) is 16.8 Å². The first kappa shape index (κ1) is 18.0. The number of aryl methyl sites for hydroxylation is 1. The highest BCUT2D eigenvalue weighted by atomic mass is 32.2. The molecule has 1 saturated heterocycles. The van der Waals surface area contributed by atoms with Crippen LogP contribution in [0.25, 0.3) is 0 Å². The molecule has 0 N–H and O–H groups in total. The van der Waals surface area contributed by atoms with Crippen LogP contribution in [0.2, 0.25) is 0 Å². The van der Waals surface area contributed by atoms with Crippen LogP contribution in [-0.4, -0.2) is 49.9 Å². The second kappa shape index (κ2) is 6.85. The van der Waals surface area contributed by atoms with Crippen LogP contribution in [-0.2, 0) is 26.3 Å². The van der Waals surface area contributed by atoms with Crippen molar-refractivity contribution in [1.29, 1.82) is 0 Å². The Morgan fingerprint density at radius 1 is 1.16 bits per heavy atom. The standard InChI is InChI=1S/C15H19N3O5S2/c1-24(19,20)15-17-16-14(23-15)13-8-5-10-18(13)25(21,22)11-9-12-6-3-2-4-7-12/h2-4,6-7,13H,5,8-11H2,1H3/t13-/m0/s1. The predicted octanol–water partition coefficient (Wildman–Crippen LogP) is 1.18. The SMILES string of the molecule is CS(=O)(=O)c1nnc([C@@H]2CCCN2S(=O)(=O)CCc2ccccc2)o1. The van der Waals surface area contributed by atoms with E-state index < -0.39 is 31.1 Å². The maximum absolute atomic E-state index is 12.7. The molecule has 0 radical (unpaired) electrons. The fourth-order valence-electron chi connectivity index (χ4n) is 2.83. The summed E-state index contributed by atoms with van der Waals surface area (Å²) in [5, 5.41) is 6.77. The molecule has 0 saturated carbocycles. The third-order valence-corrected chi connectivity index (χ3v) is 6.75. The van der Waals surface area contributed by atoms with Crippen LogP contribution < -0.4 is 0 Å². The summed E-state index contributed by atoms with van der Waals surface area (Å²) in [6.07, 6.45) is 2.56. The first-order chi connectivity index (χ1) is 11.8. The van der Waals surface area contributed by atoms with Crippen LogP contribution in [0.3, 0.4) is 0 Å². The van der Waals surface area contributed by atoms with Gasteiger partial charge >= 0.3 is 5.22 Å². The second-order valence-electron chi connectivity index (χ2n) is 6.00. The van der Waals surface area contributed by atoms with E-state index in [4.69, 9.17) is 4.42 Å². The lowest BCUT2D eigenvalue weighted by molar-refractivity contribution is 0.303. The highest BCUT2D eigenvalue weighted by Gasteiger charge is 2.38. The summed E-state index contributed by atoms with van der Waals surface area (Å²) < 4.78 is 54.9. The zero-order chi connectivity index (χ0) is 18.1. The first-order valence-corrected chi connectivity index (χ1v) is 11.3. The Morgan fingerprint density at radius 2 is 1.88 bits per heavy atom. The number of hydrogen-bond donors (Lipinski definition) is 0. The van der Waals surface area contributed by atoms with Gasteiger partial charge in [-0.1, -0.05) is 35.4 Å². The van der Waals surface area contributed by atoms with E-state index in [9.17, 15) is 16.8 Å². The molecule has 2 aromatic rings. The number of sulfone groups is 1. The molecule has 10 heteroatoms. The molecule has 1 aromatic carbocycles. The molecule has 1 atom stereocenters. The summed E-state index contributed by atoms with van der Waals surface area (Å²) in [6, 6.07) is 8.77. The van der Waals surface area contributed by atoms with Crippen molar-refractivity contribution in [2.24, 2.45) is 0 Å². The lowest BCUT2D eigenvalue weighted by Crippen LogP contribution is -2.33. The van der Waals surface area contributed by atoms with E-state index >= 15 is 0 Å². The quantitative estimate of drug-likeness (QED) is 0.734. The topological polar surface area (TPSA) is 110 Å². The number of hydrogen-bond acceptors (Lipinski definition) is 7. The summed E-state index contributed by atoms with van der Waals surface area (Å²) in [5.41, 5.74) is 0.943. The highest BCUT2D eigenvalue weighted by Crippen LogP contribution is 2.34. The van der Waals surface area contributed by atoms with Crippen LogP contribution in [0.5, 0.6) is 0 Å². The zero-order valence-electron chi connectivity index (χ0n) is 13.7. The van der Waals surface area contributed by atoms with Crippen LogP contribution in [0, 0.1) is 0 Å². The molecule has 0 amide bonds. The summed E-state index contributed by atoms with van der Waals surface area (Å²) in [6.45, 7) is 0.360. The molecule has 2 heterocycles. The molecular formula is C15H19N3O5S2. The normalized spacial score (nSPS) is 19.3. The van der Waals surface area contributed by atoms with Crippen molar-refractivity contribution in [3.05, 3.63) is 41.8 Å². The molecule has 3 rings (SSSR count). The van der Waals surface area contributed by atoms with Crippen molar-refractivity contribution in [2.75, 3.05) is 18.6 Å². The summed E-state index contributed by atoms with van der Waals surface area (Å²) in [5.74, 6) is 0.00170. The van der Waals surface area contributed by atoms with Crippen LogP contribution in [0.1, 0.15) is 30.3 Å². The second-order valence-corrected chi connectivity index (χ2v) is 9.93. The van der Waals surface area contributed by atoms with Gasteiger partial charge in [0.1, 0.15) is 6.04 Å². The minimum Gasteiger partial charge on any atom is -0.411 e. The molecule has 8 nitrogen and oxygen atoms in total. The van der Waals surface area contributed by atoms with Crippen molar-refractivity contribution in [2.45, 2.75) is 30.5 Å². The smallest absolute Gasteiger partial charge is 0.335 e. The highest BCUT2D eigenvalue weighted by molar-refractivity contribution is 7.90. The minimum absolute atomic E-state index is 0.0272. The molecule has 1 aliphatic rings. The maximum Gasteiger partial charge on any atom is 0.335 e. The predicted molar refractivity (Wildman–Crippen MR) is 90.0 cm³/mol. The van der Waals surface area contributed by atoms with E-state index in [1.165, 1.54) is 4.31 Å². The van der Waals surface area contributed by atoms with Gasteiger partial charge in [-0.3, -0.25) is 0 Å². The third-order valence-electron chi connectivity index (χ3n) is 4.08. The molecule has 0 unspecified atom stereocenters. The van der Waals surface area contributed by atoms with Crippen molar-refractivity contribution in [3.63, 3.8) is 0 Å². The average molecular weight is 385 g/mol. The fraction of sp³-hybridized carbons (Fsp3) is 0.467. The summed E-state index contributed by atoms with van der Waals surface area (Å²) in [4.78, 5) is 0. The maximum atomic E-state index is 12.7. The van der Waals surface area contributed by atoms with Gasteiger partial charge in [0.15, 0.2) is 0 Å². The number of aromatic nitrogens is 2. The van der Waals surface area contributed by atoms with E-state index in [2.05, 4.69) is 10.2 Å². The van der Waals surface area contributed by atoms with Crippen molar-refractivity contribution in [3.8, 4) is 0 Å². The van der Waals surface area contributed by atoms with Crippen LogP contribution in [0.4, 0.5) is 0 Å². The molecule has 0 aliphatic carbocycles. The third kappa shape index (κ3) is 4.07. The lowest BCUT2D eigenvalue weighted by atomic mass is 10.2. The van der Waals surface area contributed by atoms with Crippen molar-refractivity contribution < 1.29 is 21.3 Å². The first-order valence-electron chi connectivity index (χ1n) is 7.84. The molecule has 25 heavy (non-hydrogen) atoms. The number of nitrogens with zero attached hydrogens (tertiary/aromatic N) is 3. The largest absolute Gasteiger partial charge is 0.411 e. The van der Waals surface area contributed by atoms with E-state index in [1.807, 2.05) is 30.3 Å². The summed E-state index contributed by atoms with van der Waals surface area (Å²) in [7, 11) is -7.14. The molecular weight excluding hydrogens is 366 g/mol. The van der Waals surface area contributed by atoms with Gasteiger partial charge in [-0.2, -0.15) is 4.31 Å². The monoisotopic (exact) mass is 385 g/mol. The molecule has 1 aliphatic heterocycles. The van der Waals surface area contributed by atoms with Gasteiger partial charge in [-0.05, 0) is 24.8 Å². The number of sulfonamides is 1.